The van der Waals surface area contributed by atoms with E-state index in [4.69, 9.17) is 14.9 Å². The van der Waals surface area contributed by atoms with Gasteiger partial charge < -0.3 is 24.0 Å². The Kier molecular flexibility index (Phi) is 8.74. The fourth-order valence-corrected chi connectivity index (χ4v) is 2.67. The fraction of sp³-hybridized carbons (Fsp3) is 0.389. The van der Waals surface area contributed by atoms with E-state index in [1.807, 2.05) is 14.0 Å². The van der Waals surface area contributed by atoms with Gasteiger partial charge in [0.15, 0.2) is 23.6 Å². The molecule has 0 aliphatic heterocycles. The standard InChI is InChI=1S/C11H13N3O3.C7H11N3O.ClH/c1-4-16-11(15)8-10(17-6-13-8)9-7(2)12-5-14(9)3;1-5-7(6(11)3-8)10(2)4-9-5;/h5-6H,4H2,1-3H3;4H,3,8H2,1-2H3;1H. The van der Waals surface area contributed by atoms with Gasteiger partial charge in [-0.25, -0.2) is 19.7 Å². The minimum absolute atomic E-state index is 0. The van der Waals surface area contributed by atoms with Crippen LogP contribution in [-0.4, -0.2) is 49.0 Å². The highest BCUT2D eigenvalue weighted by atomic mass is 35.5. The van der Waals surface area contributed by atoms with Crippen molar-refractivity contribution in [1.82, 2.24) is 24.1 Å². The largest absolute Gasteiger partial charge is 0.461 e. The van der Waals surface area contributed by atoms with E-state index in [9.17, 15) is 9.59 Å². The van der Waals surface area contributed by atoms with Gasteiger partial charge in [-0.05, 0) is 20.8 Å². The quantitative estimate of drug-likeness (QED) is 0.484. The molecule has 29 heavy (non-hydrogen) atoms. The van der Waals surface area contributed by atoms with Gasteiger partial charge >= 0.3 is 5.97 Å². The minimum atomic E-state index is -0.489. The molecule has 0 atom stereocenters. The third kappa shape index (κ3) is 5.30. The van der Waals surface area contributed by atoms with Crippen LogP contribution in [0.4, 0.5) is 0 Å². The van der Waals surface area contributed by atoms with Crippen molar-refractivity contribution < 1.29 is 18.7 Å². The number of rotatable bonds is 5. The SMILES string of the molecule is CCOC(=O)c1ncoc1-c1c(C)ncn1C.Cc1ncn(C)c1C(=O)CN.Cl. The molecule has 3 aromatic rings. The first-order valence-corrected chi connectivity index (χ1v) is 8.61. The maximum Gasteiger partial charge on any atom is 0.361 e. The summed E-state index contributed by atoms with van der Waals surface area (Å²) in [5, 5.41) is 0. The molecule has 0 saturated heterocycles. The molecule has 0 fully saturated rings. The molecule has 3 aromatic heterocycles. The summed E-state index contributed by atoms with van der Waals surface area (Å²) in [4.78, 5) is 34.8. The van der Waals surface area contributed by atoms with Crippen LogP contribution >= 0.6 is 12.4 Å². The van der Waals surface area contributed by atoms with Gasteiger partial charge in [-0.1, -0.05) is 0 Å². The summed E-state index contributed by atoms with van der Waals surface area (Å²) in [6.45, 7) is 5.72. The highest BCUT2D eigenvalue weighted by Gasteiger charge is 2.23. The zero-order chi connectivity index (χ0) is 20.8. The predicted octanol–water partition coefficient (Wildman–Crippen LogP) is 1.85. The van der Waals surface area contributed by atoms with Crippen LogP contribution in [0.2, 0.25) is 0 Å². The molecule has 10 nitrogen and oxygen atoms in total. The third-order valence-electron chi connectivity index (χ3n) is 3.94. The average molecular weight is 425 g/mol. The van der Waals surface area contributed by atoms with Gasteiger partial charge in [0.05, 0.1) is 37.2 Å². The van der Waals surface area contributed by atoms with E-state index in [1.54, 1.807) is 42.7 Å². The van der Waals surface area contributed by atoms with E-state index in [-0.39, 0.29) is 30.4 Å². The smallest absolute Gasteiger partial charge is 0.361 e. The Balaban J connectivity index is 0.000000306. The van der Waals surface area contributed by atoms with Crippen molar-refractivity contribution in [2.24, 2.45) is 19.8 Å². The second-order valence-corrected chi connectivity index (χ2v) is 5.96. The van der Waals surface area contributed by atoms with Crippen LogP contribution in [0.25, 0.3) is 11.5 Å². The number of oxazole rings is 1. The first-order chi connectivity index (χ1) is 13.3. The number of ether oxygens (including phenoxy) is 1. The molecule has 3 heterocycles. The summed E-state index contributed by atoms with van der Waals surface area (Å²) in [5.74, 6) is -0.166. The number of carbonyl (C=O) groups excluding carboxylic acids is 2. The van der Waals surface area contributed by atoms with Gasteiger partial charge in [0.25, 0.3) is 0 Å². The molecule has 0 aliphatic carbocycles. The van der Waals surface area contributed by atoms with Gasteiger partial charge in [-0.3, -0.25) is 4.79 Å². The molecule has 0 amide bonds. The molecular weight excluding hydrogens is 400 g/mol. The Morgan fingerprint density at radius 1 is 1.10 bits per heavy atom. The number of hydrogen-bond acceptors (Lipinski definition) is 8. The number of esters is 1. The number of aryl methyl sites for hydroxylation is 4. The lowest BCUT2D eigenvalue weighted by molar-refractivity contribution is 0.0520. The monoisotopic (exact) mass is 424 g/mol. The zero-order valence-electron chi connectivity index (χ0n) is 17.0. The summed E-state index contributed by atoms with van der Waals surface area (Å²) in [6.07, 6.45) is 4.49. The highest BCUT2D eigenvalue weighted by Crippen LogP contribution is 2.25. The number of carbonyl (C=O) groups is 2. The van der Waals surface area contributed by atoms with E-state index < -0.39 is 5.97 Å². The van der Waals surface area contributed by atoms with Crippen LogP contribution in [0.3, 0.4) is 0 Å². The molecule has 0 saturated carbocycles. The minimum Gasteiger partial charge on any atom is -0.461 e. The molecule has 0 spiro atoms. The maximum atomic E-state index is 11.7. The maximum absolute atomic E-state index is 11.7. The summed E-state index contributed by atoms with van der Waals surface area (Å²) in [5.41, 5.74) is 8.23. The lowest BCUT2D eigenvalue weighted by atomic mass is 10.2. The average Bonchev–Trinajstić information content (AvgIpc) is 3.35. The molecule has 3 rings (SSSR count). The van der Waals surface area contributed by atoms with E-state index in [2.05, 4.69) is 15.0 Å². The van der Waals surface area contributed by atoms with Gasteiger partial charge in [-0.2, -0.15) is 0 Å². The van der Waals surface area contributed by atoms with Crippen molar-refractivity contribution in [3.05, 3.63) is 41.8 Å². The number of imidazole rings is 2. The molecule has 0 bridgehead atoms. The summed E-state index contributed by atoms with van der Waals surface area (Å²) >= 11 is 0. The van der Waals surface area contributed by atoms with E-state index in [0.29, 0.717) is 18.1 Å². The van der Waals surface area contributed by atoms with Crippen LogP contribution in [0.15, 0.2) is 23.5 Å². The van der Waals surface area contributed by atoms with Crippen molar-refractivity contribution in [3.8, 4) is 11.5 Å². The lowest BCUT2D eigenvalue weighted by Gasteiger charge is -2.03. The van der Waals surface area contributed by atoms with Gasteiger partial charge in [0, 0.05) is 14.1 Å². The van der Waals surface area contributed by atoms with Gasteiger partial charge in [-0.15, -0.1) is 12.4 Å². The number of aromatic nitrogens is 5. The topological polar surface area (TPSA) is 131 Å². The predicted molar refractivity (Wildman–Crippen MR) is 108 cm³/mol. The molecule has 158 valence electrons. The second-order valence-electron chi connectivity index (χ2n) is 5.96. The third-order valence-corrected chi connectivity index (χ3v) is 3.94. The number of nitrogens with two attached hydrogens (primary N) is 1. The normalized spacial score (nSPS) is 10.0. The lowest BCUT2D eigenvalue weighted by Crippen LogP contribution is -2.17. The van der Waals surface area contributed by atoms with E-state index >= 15 is 0 Å². The summed E-state index contributed by atoms with van der Waals surface area (Å²) in [7, 11) is 3.61. The van der Waals surface area contributed by atoms with E-state index in [0.717, 1.165) is 17.1 Å². The van der Waals surface area contributed by atoms with Crippen LogP contribution in [0.5, 0.6) is 0 Å². The first kappa shape index (κ1) is 24.1. The number of Topliss-reactive ketones (excluding diaryl/α,β-unsaturated/α-hetero) is 1. The molecule has 11 heteroatoms. The number of nitrogens with zero attached hydrogens (tertiary/aromatic N) is 5. The second kappa shape index (κ2) is 10.5. The Hall–Kier alpha value is -2.98. The van der Waals surface area contributed by atoms with Crippen molar-refractivity contribution in [1.29, 1.82) is 0 Å². The van der Waals surface area contributed by atoms with Gasteiger partial charge in [0.2, 0.25) is 0 Å². The number of ketones is 1. The van der Waals surface area contributed by atoms with Crippen LogP contribution in [0.1, 0.15) is 39.3 Å². The van der Waals surface area contributed by atoms with Gasteiger partial charge in [0.1, 0.15) is 11.4 Å². The number of halogens is 1. The van der Waals surface area contributed by atoms with E-state index in [1.165, 1.54) is 6.39 Å². The Morgan fingerprint density at radius 3 is 2.21 bits per heavy atom. The first-order valence-electron chi connectivity index (χ1n) is 8.61. The van der Waals surface area contributed by atoms with Crippen molar-refractivity contribution in [2.75, 3.05) is 13.2 Å². The zero-order valence-corrected chi connectivity index (χ0v) is 17.8. The van der Waals surface area contributed by atoms with Crippen LogP contribution in [-0.2, 0) is 18.8 Å². The molecule has 0 aliphatic rings. The molecule has 0 radical (unpaired) electrons. The molecule has 2 N–H and O–H groups in total. The van der Waals surface area contributed by atoms with Crippen molar-refractivity contribution in [2.45, 2.75) is 20.8 Å². The number of hydrogen-bond donors (Lipinski definition) is 1. The summed E-state index contributed by atoms with van der Waals surface area (Å²) in [6, 6.07) is 0. The fourth-order valence-electron chi connectivity index (χ4n) is 2.67. The molecule has 0 unspecified atom stereocenters. The Bertz CT molecular complexity index is 936. The highest BCUT2D eigenvalue weighted by molar-refractivity contribution is 5.97. The van der Waals surface area contributed by atoms with Crippen molar-refractivity contribution >= 4 is 24.2 Å². The van der Waals surface area contributed by atoms with Crippen molar-refractivity contribution in [3.63, 3.8) is 0 Å². The Morgan fingerprint density at radius 2 is 1.72 bits per heavy atom. The van der Waals surface area contributed by atoms with Crippen LogP contribution in [0, 0.1) is 13.8 Å². The summed E-state index contributed by atoms with van der Waals surface area (Å²) < 4.78 is 13.6. The Labute approximate surface area is 174 Å². The molecular formula is C18H25ClN6O4. The molecule has 0 aromatic carbocycles. The van der Waals surface area contributed by atoms with Crippen LogP contribution < -0.4 is 5.73 Å².